The number of amides is 2. The van der Waals surface area contributed by atoms with Crippen LogP contribution in [0.25, 0.3) is 0 Å². The molecule has 0 spiro atoms. The average Bonchev–Trinajstić information content (AvgIpc) is 3.28. The van der Waals surface area contributed by atoms with Crippen LogP contribution < -0.4 is 10.6 Å². The summed E-state index contributed by atoms with van der Waals surface area (Å²) in [5, 5.41) is 9.56. The number of hydrogen-bond donors (Lipinski definition) is 2. The highest BCUT2D eigenvalue weighted by Crippen LogP contribution is 2.07. The fourth-order valence-corrected chi connectivity index (χ4v) is 2.26. The van der Waals surface area contributed by atoms with Gasteiger partial charge >= 0.3 is 0 Å². The molecule has 1 atom stereocenters. The van der Waals surface area contributed by atoms with Crippen LogP contribution in [0.3, 0.4) is 0 Å². The number of carbonyl (C=O) groups is 2. The van der Waals surface area contributed by atoms with Gasteiger partial charge in [0, 0.05) is 12.3 Å². The Morgan fingerprint density at radius 1 is 1.16 bits per heavy atom. The molecule has 0 fully saturated rings. The lowest BCUT2D eigenvalue weighted by Crippen LogP contribution is -2.41. The van der Waals surface area contributed by atoms with Crippen LogP contribution in [-0.2, 0) is 11.3 Å². The van der Waals surface area contributed by atoms with E-state index in [1.165, 1.54) is 12.3 Å². The summed E-state index contributed by atoms with van der Waals surface area (Å²) in [5.41, 5.74) is 1.11. The van der Waals surface area contributed by atoms with Crippen LogP contribution in [0.15, 0.2) is 65.4 Å². The fraction of sp³-hybridized carbons (Fsp3) is 0.167. The van der Waals surface area contributed by atoms with Crippen molar-refractivity contribution < 1.29 is 14.0 Å². The van der Waals surface area contributed by atoms with Gasteiger partial charge in [0.1, 0.15) is 6.04 Å². The van der Waals surface area contributed by atoms with Crippen LogP contribution in [0.4, 0.5) is 5.82 Å². The van der Waals surface area contributed by atoms with Crippen molar-refractivity contribution in [1.82, 2.24) is 15.1 Å². The average molecular weight is 338 g/mol. The lowest BCUT2D eigenvalue weighted by Gasteiger charge is -2.12. The summed E-state index contributed by atoms with van der Waals surface area (Å²) in [6, 6.07) is 14.0. The first kappa shape index (κ1) is 16.5. The van der Waals surface area contributed by atoms with E-state index in [1.807, 2.05) is 30.3 Å². The van der Waals surface area contributed by atoms with Crippen molar-refractivity contribution in [2.75, 3.05) is 5.32 Å². The highest BCUT2D eigenvalue weighted by molar-refractivity contribution is 5.99. The Labute approximate surface area is 144 Å². The molecule has 0 aliphatic rings. The molecule has 1 aromatic carbocycles. The molecule has 0 radical (unpaired) electrons. The van der Waals surface area contributed by atoms with Gasteiger partial charge in [-0.25, -0.2) is 0 Å². The molecule has 0 aliphatic heterocycles. The fourth-order valence-electron chi connectivity index (χ4n) is 2.26. The quantitative estimate of drug-likeness (QED) is 0.721. The molecule has 0 saturated carbocycles. The first-order chi connectivity index (χ1) is 12.1. The molecule has 128 valence electrons. The molecular weight excluding hydrogens is 320 g/mol. The summed E-state index contributed by atoms with van der Waals surface area (Å²) in [4.78, 5) is 24.1. The minimum atomic E-state index is -0.725. The van der Waals surface area contributed by atoms with Gasteiger partial charge in [0.25, 0.3) is 5.91 Å². The second kappa shape index (κ2) is 7.48. The van der Waals surface area contributed by atoms with Crippen LogP contribution in [-0.4, -0.2) is 27.6 Å². The Hall–Kier alpha value is -3.35. The number of aromatic nitrogens is 2. The van der Waals surface area contributed by atoms with Crippen molar-refractivity contribution >= 4 is 17.6 Å². The Morgan fingerprint density at radius 2 is 1.96 bits per heavy atom. The first-order valence-electron chi connectivity index (χ1n) is 7.84. The Morgan fingerprint density at radius 3 is 2.68 bits per heavy atom. The number of hydrogen-bond acceptors (Lipinski definition) is 4. The van der Waals surface area contributed by atoms with Gasteiger partial charge in [-0.2, -0.15) is 5.10 Å². The summed E-state index contributed by atoms with van der Waals surface area (Å²) in [6.07, 6.45) is 3.19. The minimum absolute atomic E-state index is 0.159. The number of carbonyl (C=O) groups excluding carboxylic acids is 2. The standard InChI is InChI=1S/C18H18N4O3/c1-13(19-18(24)15-8-5-11-25-15)17(23)20-16-9-10-22(21-16)12-14-6-3-2-4-7-14/h2-11,13H,12H2,1H3,(H,19,24)(H,20,21,23). The van der Waals surface area contributed by atoms with E-state index in [9.17, 15) is 9.59 Å². The van der Waals surface area contributed by atoms with Crippen molar-refractivity contribution in [3.8, 4) is 0 Å². The van der Waals surface area contributed by atoms with Crippen molar-refractivity contribution in [2.24, 2.45) is 0 Å². The third-order valence-corrected chi connectivity index (χ3v) is 3.57. The SMILES string of the molecule is CC(NC(=O)c1ccco1)C(=O)Nc1ccn(Cc2ccccc2)n1. The van der Waals surface area contributed by atoms with Crippen molar-refractivity contribution in [1.29, 1.82) is 0 Å². The van der Waals surface area contributed by atoms with Gasteiger partial charge in [-0.1, -0.05) is 30.3 Å². The number of benzene rings is 1. The molecule has 25 heavy (non-hydrogen) atoms. The topological polar surface area (TPSA) is 89.2 Å². The molecule has 2 N–H and O–H groups in total. The smallest absolute Gasteiger partial charge is 0.287 e. The summed E-state index contributed by atoms with van der Waals surface area (Å²) in [5.74, 6) is -0.209. The molecular formula is C18H18N4O3. The third kappa shape index (κ3) is 4.35. The zero-order valence-corrected chi connectivity index (χ0v) is 13.7. The van der Waals surface area contributed by atoms with Gasteiger partial charge in [-0.15, -0.1) is 0 Å². The van der Waals surface area contributed by atoms with Crippen LogP contribution in [0.2, 0.25) is 0 Å². The maximum absolute atomic E-state index is 12.2. The Balaban J connectivity index is 1.55. The highest BCUT2D eigenvalue weighted by Gasteiger charge is 2.18. The molecule has 3 rings (SSSR count). The number of nitrogens with zero attached hydrogens (tertiary/aromatic N) is 2. The van der Waals surface area contributed by atoms with Gasteiger partial charge in [-0.3, -0.25) is 14.3 Å². The normalized spacial score (nSPS) is 11.7. The van der Waals surface area contributed by atoms with Gasteiger partial charge in [0.2, 0.25) is 5.91 Å². The van der Waals surface area contributed by atoms with Gasteiger partial charge in [-0.05, 0) is 24.6 Å². The number of anilines is 1. The molecule has 2 amide bonds. The lowest BCUT2D eigenvalue weighted by atomic mass is 10.2. The molecule has 2 aromatic heterocycles. The van der Waals surface area contributed by atoms with Crippen molar-refractivity contribution in [3.63, 3.8) is 0 Å². The minimum Gasteiger partial charge on any atom is -0.459 e. The van der Waals surface area contributed by atoms with Crippen LogP contribution in [0.5, 0.6) is 0 Å². The van der Waals surface area contributed by atoms with E-state index >= 15 is 0 Å². The molecule has 0 saturated heterocycles. The molecule has 2 heterocycles. The van der Waals surface area contributed by atoms with E-state index in [0.717, 1.165) is 5.56 Å². The maximum atomic E-state index is 12.2. The highest BCUT2D eigenvalue weighted by atomic mass is 16.3. The molecule has 7 nitrogen and oxygen atoms in total. The van der Waals surface area contributed by atoms with Crippen LogP contribution in [0, 0.1) is 0 Å². The monoisotopic (exact) mass is 338 g/mol. The zero-order valence-electron chi connectivity index (χ0n) is 13.7. The Bertz CT molecular complexity index is 840. The van der Waals surface area contributed by atoms with E-state index < -0.39 is 11.9 Å². The molecule has 1 unspecified atom stereocenters. The number of nitrogens with one attached hydrogen (secondary N) is 2. The predicted molar refractivity (Wildman–Crippen MR) is 92.0 cm³/mol. The number of furan rings is 1. The molecule has 3 aromatic rings. The summed E-state index contributed by atoms with van der Waals surface area (Å²) >= 11 is 0. The van der Waals surface area contributed by atoms with E-state index in [-0.39, 0.29) is 11.7 Å². The van der Waals surface area contributed by atoms with Crippen LogP contribution in [0.1, 0.15) is 23.0 Å². The van der Waals surface area contributed by atoms with E-state index in [4.69, 9.17) is 4.42 Å². The molecule has 7 heteroatoms. The van der Waals surface area contributed by atoms with Gasteiger partial charge in [0.05, 0.1) is 12.8 Å². The van der Waals surface area contributed by atoms with Crippen molar-refractivity contribution in [3.05, 3.63) is 72.3 Å². The largest absolute Gasteiger partial charge is 0.459 e. The van der Waals surface area contributed by atoms with Gasteiger partial charge < -0.3 is 15.1 Å². The van der Waals surface area contributed by atoms with E-state index in [0.29, 0.717) is 12.4 Å². The molecule has 0 aliphatic carbocycles. The summed E-state index contributed by atoms with van der Waals surface area (Å²) in [7, 11) is 0. The summed E-state index contributed by atoms with van der Waals surface area (Å²) < 4.78 is 6.73. The predicted octanol–water partition coefficient (Wildman–Crippen LogP) is 2.28. The van der Waals surface area contributed by atoms with Crippen LogP contribution >= 0.6 is 0 Å². The van der Waals surface area contributed by atoms with E-state index in [2.05, 4.69) is 15.7 Å². The van der Waals surface area contributed by atoms with E-state index in [1.54, 1.807) is 29.9 Å². The Kier molecular flexibility index (Phi) is 4.94. The first-order valence-corrected chi connectivity index (χ1v) is 7.84. The maximum Gasteiger partial charge on any atom is 0.287 e. The molecule has 0 bridgehead atoms. The second-order valence-electron chi connectivity index (χ2n) is 5.55. The number of rotatable bonds is 6. The third-order valence-electron chi connectivity index (χ3n) is 3.57. The lowest BCUT2D eigenvalue weighted by molar-refractivity contribution is -0.117. The second-order valence-corrected chi connectivity index (χ2v) is 5.55. The summed E-state index contributed by atoms with van der Waals surface area (Å²) in [6.45, 7) is 2.21. The zero-order chi connectivity index (χ0) is 17.6. The van der Waals surface area contributed by atoms with Gasteiger partial charge in [0.15, 0.2) is 11.6 Å². The van der Waals surface area contributed by atoms with Crippen molar-refractivity contribution in [2.45, 2.75) is 19.5 Å².